The summed E-state index contributed by atoms with van der Waals surface area (Å²) in [6, 6.07) is 14.6. The van der Waals surface area contributed by atoms with Gasteiger partial charge in [-0.3, -0.25) is 10.1 Å². The summed E-state index contributed by atoms with van der Waals surface area (Å²) in [5.74, 6) is 0.0458. The van der Waals surface area contributed by atoms with Crippen LogP contribution in [0.4, 0.5) is 0 Å². The summed E-state index contributed by atoms with van der Waals surface area (Å²) in [5, 5.41) is 13.0. The maximum absolute atomic E-state index is 13.0. The molecule has 1 saturated heterocycles. The van der Waals surface area contributed by atoms with Crippen molar-refractivity contribution in [3.05, 3.63) is 64.1 Å². The first kappa shape index (κ1) is 15.4. The van der Waals surface area contributed by atoms with Crippen molar-refractivity contribution in [3.63, 3.8) is 0 Å². The second kappa shape index (κ2) is 5.61. The Morgan fingerprint density at radius 1 is 1.23 bits per heavy atom. The Bertz CT molecular complexity index is 725. The fourth-order valence-corrected chi connectivity index (χ4v) is 3.41. The normalized spacial score (nSPS) is 24.8. The summed E-state index contributed by atoms with van der Waals surface area (Å²) in [4.78, 5) is 14.5. The summed E-state index contributed by atoms with van der Waals surface area (Å²) in [7, 11) is 1.72. The lowest BCUT2D eigenvalue weighted by molar-refractivity contribution is -0.130. The Morgan fingerprint density at radius 3 is 2.45 bits per heavy atom. The maximum Gasteiger partial charge on any atom is 0.253 e. The number of thiol groups is 1. The summed E-state index contributed by atoms with van der Waals surface area (Å²) in [5.41, 5.74) is 0.177. The van der Waals surface area contributed by atoms with E-state index in [9.17, 15) is 9.90 Å². The highest BCUT2D eigenvalue weighted by Crippen LogP contribution is 2.39. The van der Waals surface area contributed by atoms with E-state index in [1.165, 1.54) is 0 Å². The zero-order valence-electron chi connectivity index (χ0n) is 11.8. The molecular weight excluding hydrogens is 364 g/mol. The molecular formula is C16H15BrN2O2S. The Morgan fingerprint density at radius 2 is 1.91 bits per heavy atom. The number of nitrogens with one attached hydrogen (secondary N) is 1. The molecule has 3 rings (SSSR count). The van der Waals surface area contributed by atoms with E-state index >= 15 is 0 Å². The van der Waals surface area contributed by atoms with E-state index in [1.807, 2.05) is 30.3 Å². The molecule has 4 nitrogen and oxygen atoms in total. The molecule has 1 aliphatic heterocycles. The number of benzene rings is 2. The molecule has 1 heterocycles. The molecule has 2 aromatic carbocycles. The molecule has 2 aromatic rings. The first-order valence-electron chi connectivity index (χ1n) is 6.74. The number of hydrogen-bond acceptors (Lipinski definition) is 4. The van der Waals surface area contributed by atoms with Crippen LogP contribution in [0.3, 0.4) is 0 Å². The lowest BCUT2D eigenvalue weighted by atomic mass is 9.82. The van der Waals surface area contributed by atoms with Crippen molar-refractivity contribution in [2.45, 2.75) is 11.0 Å². The number of phenolic OH excluding ortho intramolecular Hbond substituents is 1. The van der Waals surface area contributed by atoms with Crippen molar-refractivity contribution >= 4 is 34.5 Å². The molecule has 0 bridgehead atoms. The van der Waals surface area contributed by atoms with Crippen LogP contribution >= 0.6 is 28.6 Å². The third-order valence-corrected chi connectivity index (χ3v) is 5.05. The largest absolute Gasteiger partial charge is 0.507 e. The van der Waals surface area contributed by atoms with Crippen LogP contribution in [0.5, 0.6) is 5.75 Å². The van der Waals surface area contributed by atoms with Crippen molar-refractivity contribution < 1.29 is 9.90 Å². The second-order valence-electron chi connectivity index (χ2n) is 5.22. The molecule has 2 atom stereocenters. The number of carbonyl (C=O) groups excluding carboxylic acids is 1. The van der Waals surface area contributed by atoms with E-state index in [0.717, 1.165) is 11.1 Å². The van der Waals surface area contributed by atoms with E-state index in [2.05, 4.69) is 33.9 Å². The maximum atomic E-state index is 13.0. The van der Waals surface area contributed by atoms with E-state index in [0.29, 0.717) is 4.47 Å². The summed E-state index contributed by atoms with van der Waals surface area (Å²) in [6.45, 7) is 0. The smallest absolute Gasteiger partial charge is 0.253 e. The van der Waals surface area contributed by atoms with Gasteiger partial charge in [-0.05, 0) is 39.2 Å². The van der Waals surface area contributed by atoms with Gasteiger partial charge in [0.15, 0.2) is 5.54 Å². The van der Waals surface area contributed by atoms with Crippen LogP contribution in [0.1, 0.15) is 11.1 Å². The molecule has 0 saturated carbocycles. The van der Waals surface area contributed by atoms with E-state index in [-0.39, 0.29) is 17.2 Å². The Balaban J connectivity index is 2.25. The summed E-state index contributed by atoms with van der Waals surface area (Å²) in [6.07, 6.45) is 0. The van der Waals surface area contributed by atoms with Crippen LogP contribution in [0, 0.1) is 0 Å². The standard InChI is InChI=1S/C16H15BrN2O2S/c1-19-14(21)16(18-15(19)22,10-5-3-2-4-6-10)11-7-8-13(20)12(17)9-11/h2-9,15,18,20,22H,1H3. The lowest BCUT2D eigenvalue weighted by Gasteiger charge is -2.28. The number of likely N-dealkylation sites (N-methyl/N-ethyl adjacent to an activating group) is 1. The van der Waals surface area contributed by atoms with Gasteiger partial charge in [-0.15, -0.1) is 12.6 Å². The predicted octanol–water partition coefficient (Wildman–Crippen LogP) is 2.67. The molecule has 0 aliphatic carbocycles. The number of hydrogen-bond donors (Lipinski definition) is 3. The molecule has 0 aromatic heterocycles. The molecule has 0 spiro atoms. The zero-order chi connectivity index (χ0) is 15.9. The number of nitrogens with zero attached hydrogens (tertiary/aromatic N) is 1. The van der Waals surface area contributed by atoms with Gasteiger partial charge in [-0.1, -0.05) is 36.4 Å². The van der Waals surface area contributed by atoms with Crippen LogP contribution in [0.15, 0.2) is 53.0 Å². The lowest BCUT2D eigenvalue weighted by Crippen LogP contribution is -2.45. The van der Waals surface area contributed by atoms with Gasteiger partial charge in [-0.25, -0.2) is 0 Å². The van der Waals surface area contributed by atoms with Gasteiger partial charge < -0.3 is 10.0 Å². The topological polar surface area (TPSA) is 52.6 Å². The first-order chi connectivity index (χ1) is 10.5. The van der Waals surface area contributed by atoms with Crippen molar-refractivity contribution in [1.82, 2.24) is 10.2 Å². The molecule has 1 aliphatic rings. The first-order valence-corrected chi connectivity index (χ1v) is 8.05. The summed E-state index contributed by atoms with van der Waals surface area (Å²) < 4.78 is 0.542. The zero-order valence-corrected chi connectivity index (χ0v) is 14.3. The van der Waals surface area contributed by atoms with Gasteiger partial charge in [0.1, 0.15) is 11.2 Å². The molecule has 6 heteroatoms. The van der Waals surface area contributed by atoms with Crippen LogP contribution in [0.25, 0.3) is 0 Å². The van der Waals surface area contributed by atoms with Gasteiger partial charge in [0, 0.05) is 7.05 Å². The quantitative estimate of drug-likeness (QED) is 0.704. The average Bonchev–Trinajstić information content (AvgIpc) is 2.76. The van der Waals surface area contributed by atoms with Crippen molar-refractivity contribution in [2.75, 3.05) is 7.05 Å². The van der Waals surface area contributed by atoms with Gasteiger partial charge in [0.05, 0.1) is 4.47 Å². The number of carbonyl (C=O) groups is 1. The molecule has 114 valence electrons. The van der Waals surface area contributed by atoms with Gasteiger partial charge in [-0.2, -0.15) is 0 Å². The molecule has 1 fully saturated rings. The minimum Gasteiger partial charge on any atom is -0.507 e. The van der Waals surface area contributed by atoms with Crippen LogP contribution < -0.4 is 5.32 Å². The molecule has 1 amide bonds. The highest BCUT2D eigenvalue weighted by atomic mass is 79.9. The van der Waals surface area contributed by atoms with Crippen molar-refractivity contribution in [2.24, 2.45) is 0 Å². The summed E-state index contributed by atoms with van der Waals surface area (Å²) >= 11 is 7.76. The Labute approximate surface area is 142 Å². The van der Waals surface area contributed by atoms with Crippen LogP contribution in [0.2, 0.25) is 0 Å². The van der Waals surface area contributed by atoms with Crippen LogP contribution in [-0.2, 0) is 10.3 Å². The monoisotopic (exact) mass is 378 g/mol. The second-order valence-corrected chi connectivity index (χ2v) is 6.56. The number of aromatic hydroxyl groups is 1. The number of rotatable bonds is 2. The minimum absolute atomic E-state index is 0.0868. The predicted molar refractivity (Wildman–Crippen MR) is 91.7 cm³/mol. The third kappa shape index (κ3) is 2.22. The van der Waals surface area contributed by atoms with Gasteiger partial charge in [0.25, 0.3) is 5.91 Å². The van der Waals surface area contributed by atoms with Gasteiger partial charge >= 0.3 is 0 Å². The number of halogens is 1. The fourth-order valence-electron chi connectivity index (χ4n) is 2.74. The Kier molecular flexibility index (Phi) is 3.92. The number of phenols is 1. The number of amides is 1. The van der Waals surface area contributed by atoms with E-state index < -0.39 is 5.54 Å². The van der Waals surface area contributed by atoms with E-state index in [4.69, 9.17) is 0 Å². The average molecular weight is 379 g/mol. The molecule has 0 radical (unpaired) electrons. The van der Waals surface area contributed by atoms with Crippen LogP contribution in [-0.4, -0.2) is 28.5 Å². The molecule has 22 heavy (non-hydrogen) atoms. The fraction of sp³-hybridized carbons (Fsp3) is 0.188. The van der Waals surface area contributed by atoms with E-state index in [1.54, 1.807) is 30.1 Å². The van der Waals surface area contributed by atoms with Crippen molar-refractivity contribution in [1.29, 1.82) is 0 Å². The molecule has 2 unspecified atom stereocenters. The minimum atomic E-state index is -1.02. The third-order valence-electron chi connectivity index (χ3n) is 3.94. The highest BCUT2D eigenvalue weighted by Gasteiger charge is 2.51. The van der Waals surface area contributed by atoms with Gasteiger partial charge in [0.2, 0.25) is 0 Å². The molecule has 2 N–H and O–H groups in total. The highest BCUT2D eigenvalue weighted by molar-refractivity contribution is 9.10. The SMILES string of the molecule is CN1C(=O)C(c2ccccc2)(c2ccc(O)c(Br)c2)NC1S. The Hall–Kier alpha value is -1.50. The van der Waals surface area contributed by atoms with Crippen molar-refractivity contribution in [3.8, 4) is 5.75 Å².